The Kier molecular flexibility index (Phi) is 6.74. The molecule has 2 N–H and O–H groups in total. The predicted molar refractivity (Wildman–Crippen MR) is 97.3 cm³/mol. The SMILES string of the molecule is CC(C)(C)OC(=O)NCC(=O)NCC1(c2ccc(Cl)cc2Cl)OCCO1. The number of amides is 2. The number of ether oxygens (including phenoxy) is 3. The van der Waals surface area contributed by atoms with Gasteiger partial charge in [-0.05, 0) is 32.9 Å². The molecule has 26 heavy (non-hydrogen) atoms. The molecule has 0 unspecified atom stereocenters. The number of carbonyl (C=O) groups is 2. The third kappa shape index (κ3) is 5.74. The van der Waals surface area contributed by atoms with Crippen LogP contribution in [0.2, 0.25) is 10.0 Å². The largest absolute Gasteiger partial charge is 0.444 e. The number of hydrogen-bond donors (Lipinski definition) is 2. The minimum atomic E-state index is -1.19. The zero-order valence-corrected chi connectivity index (χ0v) is 16.4. The maximum absolute atomic E-state index is 12.0. The van der Waals surface area contributed by atoms with Crippen molar-refractivity contribution < 1.29 is 23.8 Å². The summed E-state index contributed by atoms with van der Waals surface area (Å²) in [4.78, 5) is 23.6. The van der Waals surface area contributed by atoms with Gasteiger partial charge in [-0.25, -0.2) is 4.79 Å². The van der Waals surface area contributed by atoms with E-state index >= 15 is 0 Å². The van der Waals surface area contributed by atoms with Crippen LogP contribution in [-0.4, -0.2) is 43.9 Å². The molecule has 2 amide bonds. The summed E-state index contributed by atoms with van der Waals surface area (Å²) < 4.78 is 16.5. The van der Waals surface area contributed by atoms with Gasteiger partial charge in [0.05, 0.1) is 31.3 Å². The summed E-state index contributed by atoms with van der Waals surface area (Å²) in [5.41, 5.74) is -0.0666. The van der Waals surface area contributed by atoms with Crippen molar-refractivity contribution in [1.82, 2.24) is 10.6 Å². The molecule has 7 nitrogen and oxygen atoms in total. The minimum absolute atomic E-state index is 0.0309. The van der Waals surface area contributed by atoms with E-state index in [0.717, 1.165) is 0 Å². The fourth-order valence-electron chi connectivity index (χ4n) is 2.35. The van der Waals surface area contributed by atoms with Gasteiger partial charge >= 0.3 is 6.09 Å². The second-order valence-corrected chi connectivity index (χ2v) is 7.55. The Morgan fingerprint density at radius 3 is 2.42 bits per heavy atom. The van der Waals surface area contributed by atoms with Crippen molar-refractivity contribution in [1.29, 1.82) is 0 Å². The van der Waals surface area contributed by atoms with Crippen molar-refractivity contribution in [2.45, 2.75) is 32.2 Å². The number of benzene rings is 1. The van der Waals surface area contributed by atoms with Gasteiger partial charge in [0.1, 0.15) is 5.60 Å². The van der Waals surface area contributed by atoms with Crippen molar-refractivity contribution >= 4 is 35.2 Å². The van der Waals surface area contributed by atoms with Gasteiger partial charge < -0.3 is 24.8 Å². The van der Waals surface area contributed by atoms with E-state index in [0.29, 0.717) is 28.8 Å². The minimum Gasteiger partial charge on any atom is -0.444 e. The van der Waals surface area contributed by atoms with Gasteiger partial charge in [0.2, 0.25) is 11.7 Å². The molecule has 0 aliphatic carbocycles. The molecular formula is C17H22Cl2N2O5. The van der Waals surface area contributed by atoms with E-state index in [2.05, 4.69) is 10.6 Å². The Morgan fingerprint density at radius 2 is 1.85 bits per heavy atom. The number of carbonyl (C=O) groups excluding carboxylic acids is 2. The highest BCUT2D eigenvalue weighted by Crippen LogP contribution is 2.36. The molecule has 0 atom stereocenters. The lowest BCUT2D eigenvalue weighted by Gasteiger charge is -2.29. The summed E-state index contributed by atoms with van der Waals surface area (Å²) in [5, 5.41) is 5.92. The molecule has 1 aliphatic heterocycles. The zero-order valence-electron chi connectivity index (χ0n) is 14.9. The molecule has 0 spiro atoms. The van der Waals surface area contributed by atoms with Gasteiger partial charge in [0, 0.05) is 10.6 Å². The van der Waals surface area contributed by atoms with Crippen molar-refractivity contribution in [3.63, 3.8) is 0 Å². The van der Waals surface area contributed by atoms with Crippen LogP contribution in [0, 0.1) is 0 Å². The van der Waals surface area contributed by atoms with E-state index in [-0.39, 0.29) is 13.1 Å². The number of alkyl carbamates (subject to hydrolysis) is 1. The monoisotopic (exact) mass is 404 g/mol. The second kappa shape index (κ2) is 8.43. The van der Waals surface area contributed by atoms with Crippen LogP contribution in [0.1, 0.15) is 26.3 Å². The molecule has 0 radical (unpaired) electrons. The molecule has 0 aromatic heterocycles. The van der Waals surface area contributed by atoms with Crippen LogP contribution in [0.4, 0.5) is 4.79 Å². The first-order chi connectivity index (χ1) is 12.1. The molecule has 1 heterocycles. The third-order valence-corrected chi connectivity index (χ3v) is 3.95. The Balaban J connectivity index is 1.94. The summed E-state index contributed by atoms with van der Waals surface area (Å²) in [5.74, 6) is -1.61. The maximum Gasteiger partial charge on any atom is 0.408 e. The van der Waals surface area contributed by atoms with Crippen molar-refractivity contribution in [2.75, 3.05) is 26.3 Å². The highest BCUT2D eigenvalue weighted by Gasteiger charge is 2.40. The summed E-state index contributed by atoms with van der Waals surface area (Å²) in [6.45, 7) is 5.74. The zero-order chi connectivity index (χ0) is 19.4. The molecule has 0 saturated carbocycles. The Labute approximate surface area is 162 Å². The van der Waals surface area contributed by atoms with E-state index < -0.39 is 23.4 Å². The van der Waals surface area contributed by atoms with Gasteiger partial charge in [0.25, 0.3) is 0 Å². The smallest absolute Gasteiger partial charge is 0.408 e. The average molecular weight is 405 g/mol. The number of hydrogen-bond acceptors (Lipinski definition) is 5. The standard InChI is InChI=1S/C17H22Cl2N2O5/c1-16(2,3)26-15(23)20-9-14(22)21-10-17(24-6-7-25-17)12-5-4-11(18)8-13(12)19/h4-5,8H,6-7,9-10H2,1-3H3,(H,20,23)(H,21,22). The van der Waals surface area contributed by atoms with Crippen LogP contribution in [0.3, 0.4) is 0 Å². The first-order valence-corrected chi connectivity index (χ1v) is 8.84. The van der Waals surface area contributed by atoms with Crippen LogP contribution in [-0.2, 0) is 24.8 Å². The van der Waals surface area contributed by atoms with Crippen molar-refractivity contribution in [3.05, 3.63) is 33.8 Å². The van der Waals surface area contributed by atoms with Gasteiger partial charge in [-0.15, -0.1) is 0 Å². The van der Waals surface area contributed by atoms with Gasteiger partial charge in [0.15, 0.2) is 0 Å². The molecule has 144 valence electrons. The molecule has 1 fully saturated rings. The number of rotatable bonds is 5. The lowest BCUT2D eigenvalue weighted by molar-refractivity contribution is -0.164. The van der Waals surface area contributed by atoms with Gasteiger partial charge in [-0.2, -0.15) is 0 Å². The van der Waals surface area contributed by atoms with E-state index in [1.54, 1.807) is 39.0 Å². The Bertz CT molecular complexity index is 670. The quantitative estimate of drug-likeness (QED) is 0.787. The molecule has 1 aromatic rings. The summed E-state index contributed by atoms with van der Waals surface area (Å²) in [6.07, 6.45) is -0.670. The number of halogens is 2. The molecule has 1 aromatic carbocycles. The number of nitrogens with one attached hydrogen (secondary N) is 2. The molecule has 1 saturated heterocycles. The Hall–Kier alpha value is -1.54. The third-order valence-electron chi connectivity index (χ3n) is 3.41. The lowest BCUT2D eigenvalue weighted by atomic mass is 10.1. The molecule has 2 rings (SSSR count). The lowest BCUT2D eigenvalue weighted by Crippen LogP contribution is -2.45. The average Bonchev–Trinajstić information content (AvgIpc) is 2.99. The van der Waals surface area contributed by atoms with Crippen LogP contribution >= 0.6 is 23.2 Å². The summed E-state index contributed by atoms with van der Waals surface area (Å²) in [7, 11) is 0. The topological polar surface area (TPSA) is 85.9 Å². The maximum atomic E-state index is 12.0. The Morgan fingerprint density at radius 1 is 1.19 bits per heavy atom. The fraction of sp³-hybridized carbons (Fsp3) is 0.529. The van der Waals surface area contributed by atoms with Crippen LogP contribution in [0.5, 0.6) is 0 Å². The first kappa shape index (κ1) is 20.8. The van der Waals surface area contributed by atoms with Crippen LogP contribution in [0.15, 0.2) is 18.2 Å². The van der Waals surface area contributed by atoms with Gasteiger partial charge in [-0.3, -0.25) is 4.79 Å². The normalized spacial score (nSPS) is 16.2. The predicted octanol–water partition coefficient (Wildman–Crippen LogP) is 2.83. The van der Waals surface area contributed by atoms with Crippen molar-refractivity contribution in [3.8, 4) is 0 Å². The summed E-state index contributed by atoms with van der Waals surface area (Å²) >= 11 is 12.2. The van der Waals surface area contributed by atoms with E-state index in [9.17, 15) is 9.59 Å². The second-order valence-electron chi connectivity index (χ2n) is 6.71. The molecular weight excluding hydrogens is 383 g/mol. The molecule has 1 aliphatic rings. The van der Waals surface area contributed by atoms with E-state index in [1.165, 1.54) is 0 Å². The fourth-order valence-corrected chi connectivity index (χ4v) is 2.90. The van der Waals surface area contributed by atoms with Crippen LogP contribution in [0.25, 0.3) is 0 Å². The van der Waals surface area contributed by atoms with Crippen LogP contribution < -0.4 is 10.6 Å². The first-order valence-electron chi connectivity index (χ1n) is 8.08. The molecule has 9 heteroatoms. The highest BCUT2D eigenvalue weighted by atomic mass is 35.5. The highest BCUT2D eigenvalue weighted by molar-refractivity contribution is 6.35. The van der Waals surface area contributed by atoms with Crippen molar-refractivity contribution in [2.24, 2.45) is 0 Å². The molecule has 0 bridgehead atoms. The van der Waals surface area contributed by atoms with E-state index in [1.807, 2.05) is 0 Å². The van der Waals surface area contributed by atoms with E-state index in [4.69, 9.17) is 37.4 Å². The summed E-state index contributed by atoms with van der Waals surface area (Å²) in [6, 6.07) is 4.94. The van der Waals surface area contributed by atoms with Gasteiger partial charge in [-0.1, -0.05) is 29.3 Å².